The molecule has 0 saturated carbocycles. The maximum Gasteiger partial charge on any atom is 0.267 e. The summed E-state index contributed by atoms with van der Waals surface area (Å²) >= 11 is 0. The molecule has 4 aromatic rings. The highest BCUT2D eigenvalue weighted by Crippen LogP contribution is 2.37. The van der Waals surface area contributed by atoms with Crippen LogP contribution in [-0.2, 0) is 24.8 Å². The summed E-state index contributed by atoms with van der Waals surface area (Å²) in [5.41, 5.74) is 0.641. The highest BCUT2D eigenvalue weighted by atomic mass is 32.2. The second-order valence-corrected chi connectivity index (χ2v) is 11.8. The van der Waals surface area contributed by atoms with Crippen molar-refractivity contribution in [2.24, 2.45) is 0 Å². The van der Waals surface area contributed by atoms with Gasteiger partial charge in [0, 0.05) is 11.9 Å². The molecular formula is C26H22N4O6S2. The minimum Gasteiger partial charge on any atom is -0.476 e. The number of aromatic nitrogens is 1. The molecule has 0 radical (unpaired) electrons. The van der Waals surface area contributed by atoms with E-state index in [2.05, 4.69) is 15.0 Å². The van der Waals surface area contributed by atoms with Gasteiger partial charge in [-0.3, -0.25) is 13.8 Å². The molecule has 0 fully saturated rings. The molecule has 12 heteroatoms. The average Bonchev–Trinajstić information content (AvgIpc) is 2.93. The number of carbonyl (C=O) groups is 1. The number of hydrogen-bond acceptors (Lipinski definition) is 7. The van der Waals surface area contributed by atoms with Gasteiger partial charge in [0.25, 0.3) is 26.0 Å². The van der Waals surface area contributed by atoms with Gasteiger partial charge in [-0.1, -0.05) is 36.4 Å². The highest BCUT2D eigenvalue weighted by Gasteiger charge is 2.37. The molecule has 2 N–H and O–H groups in total. The fourth-order valence-electron chi connectivity index (χ4n) is 3.85. The Bertz CT molecular complexity index is 1660. The molecule has 1 aromatic heterocycles. The summed E-state index contributed by atoms with van der Waals surface area (Å²) in [5, 5.41) is 2.67. The second kappa shape index (κ2) is 10.1. The Morgan fingerprint density at radius 1 is 0.816 bits per heavy atom. The van der Waals surface area contributed by atoms with E-state index >= 15 is 0 Å². The molecular weight excluding hydrogens is 528 g/mol. The number of rotatable bonds is 7. The first-order valence-electron chi connectivity index (χ1n) is 11.4. The van der Waals surface area contributed by atoms with Gasteiger partial charge in [0.1, 0.15) is 11.6 Å². The number of ether oxygens (including phenoxy) is 1. The van der Waals surface area contributed by atoms with E-state index in [1.165, 1.54) is 48.7 Å². The summed E-state index contributed by atoms with van der Waals surface area (Å²) < 4.78 is 61.4. The van der Waals surface area contributed by atoms with Crippen LogP contribution in [0.3, 0.4) is 0 Å². The van der Waals surface area contributed by atoms with Gasteiger partial charge >= 0.3 is 0 Å². The van der Waals surface area contributed by atoms with Gasteiger partial charge < -0.3 is 10.1 Å². The summed E-state index contributed by atoms with van der Waals surface area (Å²) in [5.74, 6) is -0.162. The van der Waals surface area contributed by atoms with Gasteiger partial charge in [-0.2, -0.15) is 0 Å². The summed E-state index contributed by atoms with van der Waals surface area (Å²) in [6, 6.07) is 24.9. The van der Waals surface area contributed by atoms with Crippen molar-refractivity contribution in [3.63, 3.8) is 0 Å². The molecule has 194 valence electrons. The van der Waals surface area contributed by atoms with Crippen LogP contribution in [0.1, 0.15) is 0 Å². The Balaban J connectivity index is 1.34. The number of sulfonamides is 2. The number of carbonyl (C=O) groups excluding carboxylic acids is 1. The van der Waals surface area contributed by atoms with Crippen molar-refractivity contribution in [2.45, 2.75) is 15.9 Å². The normalized spacial score (nSPS) is 15.2. The van der Waals surface area contributed by atoms with Crippen LogP contribution in [0, 0.1) is 0 Å². The molecule has 10 nitrogen and oxygen atoms in total. The minimum atomic E-state index is -3.97. The summed E-state index contributed by atoms with van der Waals surface area (Å²) in [6.07, 6.45) is 0.312. The molecule has 1 aliphatic rings. The quantitative estimate of drug-likeness (QED) is 0.360. The van der Waals surface area contributed by atoms with Crippen LogP contribution in [0.25, 0.3) is 0 Å². The zero-order chi connectivity index (χ0) is 26.8. The van der Waals surface area contributed by atoms with Crippen LogP contribution >= 0.6 is 0 Å². The summed E-state index contributed by atoms with van der Waals surface area (Å²) in [4.78, 5) is 17.1. The zero-order valence-electron chi connectivity index (χ0n) is 19.8. The molecule has 0 aliphatic carbocycles. The Morgan fingerprint density at radius 3 is 2.21 bits per heavy atom. The second-order valence-electron chi connectivity index (χ2n) is 8.26. The third kappa shape index (κ3) is 5.17. The van der Waals surface area contributed by atoms with Crippen molar-refractivity contribution in [1.82, 2.24) is 4.98 Å². The summed E-state index contributed by atoms with van der Waals surface area (Å²) in [7, 11) is -7.85. The van der Waals surface area contributed by atoms with Gasteiger partial charge in [-0.25, -0.2) is 21.8 Å². The first-order valence-corrected chi connectivity index (χ1v) is 14.3. The largest absolute Gasteiger partial charge is 0.476 e. The molecule has 0 bridgehead atoms. The molecule has 38 heavy (non-hydrogen) atoms. The number of fused-ring (bicyclic) bond motifs is 1. The van der Waals surface area contributed by atoms with E-state index < -0.39 is 32.1 Å². The monoisotopic (exact) mass is 550 g/mol. The number of benzene rings is 3. The van der Waals surface area contributed by atoms with E-state index in [1.807, 2.05) is 0 Å². The molecule has 5 rings (SSSR count). The van der Waals surface area contributed by atoms with Crippen LogP contribution in [-0.4, -0.2) is 40.4 Å². The minimum absolute atomic E-state index is 0.0240. The van der Waals surface area contributed by atoms with Crippen molar-refractivity contribution in [2.75, 3.05) is 20.9 Å². The van der Waals surface area contributed by atoms with Crippen LogP contribution in [0.15, 0.2) is 113 Å². The molecule has 1 amide bonds. The molecule has 2 heterocycles. The average molecular weight is 551 g/mol. The van der Waals surface area contributed by atoms with E-state index in [-0.39, 0.29) is 27.9 Å². The van der Waals surface area contributed by atoms with Gasteiger partial charge in [-0.05, 0) is 60.7 Å². The molecule has 1 aliphatic heterocycles. The lowest BCUT2D eigenvalue weighted by Gasteiger charge is -2.34. The topological polar surface area (TPSA) is 135 Å². The Labute approximate surface area is 220 Å². The fourth-order valence-corrected chi connectivity index (χ4v) is 6.35. The Kier molecular flexibility index (Phi) is 6.74. The van der Waals surface area contributed by atoms with E-state index in [0.717, 1.165) is 4.31 Å². The van der Waals surface area contributed by atoms with E-state index in [1.54, 1.807) is 54.6 Å². The van der Waals surface area contributed by atoms with Crippen LogP contribution < -0.4 is 19.1 Å². The lowest BCUT2D eigenvalue weighted by atomic mass is 10.2. The zero-order valence-corrected chi connectivity index (χ0v) is 21.4. The van der Waals surface area contributed by atoms with Gasteiger partial charge in [0.15, 0.2) is 6.10 Å². The summed E-state index contributed by atoms with van der Waals surface area (Å²) in [6.45, 7) is -0.249. The number of amides is 1. The van der Waals surface area contributed by atoms with Crippen molar-refractivity contribution in [3.8, 4) is 5.75 Å². The predicted molar refractivity (Wildman–Crippen MR) is 142 cm³/mol. The molecule has 0 saturated heterocycles. The first-order chi connectivity index (χ1) is 18.2. The Morgan fingerprint density at radius 2 is 1.50 bits per heavy atom. The number of nitrogens with one attached hydrogen (secondary N) is 2. The molecule has 3 aromatic carbocycles. The van der Waals surface area contributed by atoms with Crippen molar-refractivity contribution in [3.05, 3.63) is 103 Å². The maximum atomic E-state index is 13.4. The number of hydrogen-bond donors (Lipinski definition) is 2. The van der Waals surface area contributed by atoms with Crippen LogP contribution in [0.5, 0.6) is 5.75 Å². The number of pyridine rings is 1. The molecule has 1 atom stereocenters. The van der Waals surface area contributed by atoms with Gasteiger partial charge in [0.2, 0.25) is 0 Å². The molecule has 0 spiro atoms. The maximum absolute atomic E-state index is 13.4. The lowest BCUT2D eigenvalue weighted by Crippen LogP contribution is -2.48. The van der Waals surface area contributed by atoms with E-state index in [4.69, 9.17) is 4.74 Å². The van der Waals surface area contributed by atoms with Gasteiger partial charge in [0.05, 0.1) is 22.0 Å². The number of anilines is 3. The third-order valence-electron chi connectivity index (χ3n) is 5.69. The van der Waals surface area contributed by atoms with Crippen LogP contribution in [0.2, 0.25) is 0 Å². The van der Waals surface area contributed by atoms with Gasteiger partial charge in [-0.15, -0.1) is 0 Å². The molecule has 1 unspecified atom stereocenters. The standard InChI is InChI=1S/C26H22N4O6S2/c31-26(28-19-13-15-20(16-14-19)37(32,33)29-25-12-6-7-17-27-25)24-18-30(22-10-4-5-11-23(22)36-24)38(34,35)21-8-2-1-3-9-21/h1-17,24H,18H2,(H,27,29)(H,28,31). The Hall–Kier alpha value is -4.42. The predicted octanol–water partition coefficient (Wildman–Crippen LogP) is 3.48. The van der Waals surface area contributed by atoms with E-state index in [9.17, 15) is 21.6 Å². The van der Waals surface area contributed by atoms with Crippen molar-refractivity contribution >= 4 is 43.1 Å². The smallest absolute Gasteiger partial charge is 0.267 e. The van der Waals surface area contributed by atoms with E-state index in [0.29, 0.717) is 11.4 Å². The fraction of sp³-hybridized carbons (Fsp3) is 0.0769. The van der Waals surface area contributed by atoms with Crippen LogP contribution in [0.4, 0.5) is 17.2 Å². The lowest BCUT2D eigenvalue weighted by molar-refractivity contribution is -0.122. The SMILES string of the molecule is O=C(Nc1ccc(S(=O)(=O)Nc2ccccn2)cc1)C1CN(S(=O)(=O)c2ccccc2)c2ccccc2O1. The van der Waals surface area contributed by atoms with Crippen molar-refractivity contribution < 1.29 is 26.4 Å². The van der Waals surface area contributed by atoms with Crippen molar-refractivity contribution in [1.29, 1.82) is 0 Å². The highest BCUT2D eigenvalue weighted by molar-refractivity contribution is 7.93. The first kappa shape index (κ1) is 25.2. The third-order valence-corrected chi connectivity index (χ3v) is 8.86. The number of nitrogens with zero attached hydrogens (tertiary/aromatic N) is 2. The number of para-hydroxylation sites is 2.